The Morgan fingerprint density at radius 2 is 1.90 bits per heavy atom. The van der Waals surface area contributed by atoms with E-state index in [1.54, 1.807) is 0 Å². The topological polar surface area (TPSA) is 42.4 Å². The zero-order valence-electron chi connectivity index (χ0n) is 13.6. The Bertz CT molecular complexity index is 426. The van der Waals surface area contributed by atoms with Crippen molar-refractivity contribution in [3.63, 3.8) is 0 Å². The Kier molecular flexibility index (Phi) is 4.60. The molecule has 0 radical (unpaired) electrons. The third kappa shape index (κ3) is 3.44. The lowest BCUT2D eigenvalue weighted by molar-refractivity contribution is 0.0760. The number of furan rings is 1. The van der Waals surface area contributed by atoms with E-state index in [2.05, 4.69) is 38.8 Å². The van der Waals surface area contributed by atoms with Gasteiger partial charge in [-0.05, 0) is 64.1 Å². The van der Waals surface area contributed by atoms with Crippen LogP contribution in [-0.2, 0) is 0 Å². The Balaban J connectivity index is 2.10. The van der Waals surface area contributed by atoms with Gasteiger partial charge in [0.05, 0.1) is 6.04 Å². The molecule has 3 heteroatoms. The molecule has 0 bridgehead atoms. The highest BCUT2D eigenvalue weighted by molar-refractivity contribution is 5.12. The molecule has 2 atom stereocenters. The molecule has 3 nitrogen and oxygen atoms in total. The Labute approximate surface area is 123 Å². The summed E-state index contributed by atoms with van der Waals surface area (Å²) in [6, 6.07) is 4.97. The maximum absolute atomic E-state index is 6.24. The summed E-state index contributed by atoms with van der Waals surface area (Å²) in [6.45, 7) is 8.82. The van der Waals surface area contributed by atoms with Crippen molar-refractivity contribution < 1.29 is 4.42 Å². The van der Waals surface area contributed by atoms with E-state index in [1.165, 1.54) is 25.7 Å². The Morgan fingerprint density at radius 1 is 1.30 bits per heavy atom. The van der Waals surface area contributed by atoms with Crippen molar-refractivity contribution in [3.05, 3.63) is 23.7 Å². The third-order valence-corrected chi connectivity index (χ3v) is 4.87. The molecule has 2 rings (SSSR count). The molecule has 1 heterocycles. The van der Waals surface area contributed by atoms with Gasteiger partial charge in [-0.2, -0.15) is 0 Å². The molecule has 2 unspecified atom stereocenters. The SMILES string of the molecule is Cc1ccc(C(C(C)N)N(C)C2CCC(C)(C)CC2)o1. The number of nitrogens with two attached hydrogens (primary N) is 1. The zero-order chi connectivity index (χ0) is 14.9. The molecule has 1 fully saturated rings. The first-order valence-electron chi connectivity index (χ1n) is 7.84. The Hall–Kier alpha value is -0.800. The maximum Gasteiger partial charge on any atom is 0.122 e. The van der Waals surface area contributed by atoms with Gasteiger partial charge in [-0.3, -0.25) is 4.90 Å². The summed E-state index contributed by atoms with van der Waals surface area (Å²) in [4.78, 5) is 2.44. The highest BCUT2D eigenvalue weighted by atomic mass is 16.3. The average molecular weight is 278 g/mol. The largest absolute Gasteiger partial charge is 0.465 e. The molecule has 20 heavy (non-hydrogen) atoms. The van der Waals surface area contributed by atoms with E-state index < -0.39 is 0 Å². The van der Waals surface area contributed by atoms with Crippen LogP contribution in [0.15, 0.2) is 16.5 Å². The number of hydrogen-bond donors (Lipinski definition) is 1. The highest BCUT2D eigenvalue weighted by Crippen LogP contribution is 2.39. The smallest absolute Gasteiger partial charge is 0.122 e. The second kappa shape index (κ2) is 5.90. The van der Waals surface area contributed by atoms with Gasteiger partial charge < -0.3 is 10.2 Å². The number of rotatable bonds is 4. The molecule has 1 aromatic heterocycles. The van der Waals surface area contributed by atoms with Gasteiger partial charge in [0.2, 0.25) is 0 Å². The molecule has 1 aliphatic carbocycles. The maximum atomic E-state index is 6.24. The van der Waals surface area contributed by atoms with Crippen LogP contribution in [0.25, 0.3) is 0 Å². The molecule has 0 saturated heterocycles. The van der Waals surface area contributed by atoms with Crippen molar-refractivity contribution in [2.24, 2.45) is 11.1 Å². The number of nitrogens with zero attached hydrogens (tertiary/aromatic N) is 1. The lowest BCUT2D eigenvalue weighted by Gasteiger charge is -2.42. The van der Waals surface area contributed by atoms with Gasteiger partial charge in [0, 0.05) is 12.1 Å². The first kappa shape index (κ1) is 15.6. The van der Waals surface area contributed by atoms with Crippen molar-refractivity contribution >= 4 is 0 Å². The predicted molar refractivity (Wildman–Crippen MR) is 83.6 cm³/mol. The van der Waals surface area contributed by atoms with Crippen LogP contribution in [-0.4, -0.2) is 24.0 Å². The predicted octanol–water partition coefficient (Wildman–Crippen LogP) is 3.88. The number of hydrogen-bond acceptors (Lipinski definition) is 3. The Morgan fingerprint density at radius 3 is 2.35 bits per heavy atom. The lowest BCUT2D eigenvalue weighted by Crippen LogP contribution is -2.44. The van der Waals surface area contributed by atoms with Gasteiger partial charge in [0.25, 0.3) is 0 Å². The molecule has 0 spiro atoms. The van der Waals surface area contributed by atoms with E-state index >= 15 is 0 Å². The first-order valence-corrected chi connectivity index (χ1v) is 7.84. The summed E-state index contributed by atoms with van der Waals surface area (Å²) >= 11 is 0. The van der Waals surface area contributed by atoms with Crippen LogP contribution in [0.2, 0.25) is 0 Å². The fourth-order valence-electron chi connectivity index (χ4n) is 3.46. The normalized spacial score (nSPS) is 22.9. The third-order valence-electron chi connectivity index (χ3n) is 4.87. The van der Waals surface area contributed by atoms with Crippen molar-refractivity contribution in [1.29, 1.82) is 0 Å². The van der Waals surface area contributed by atoms with Crippen LogP contribution in [0.1, 0.15) is 64.0 Å². The summed E-state index contributed by atoms with van der Waals surface area (Å²) in [5, 5.41) is 0. The van der Waals surface area contributed by atoms with E-state index in [9.17, 15) is 0 Å². The minimum absolute atomic E-state index is 0.0699. The van der Waals surface area contributed by atoms with Crippen molar-refractivity contribution in [1.82, 2.24) is 4.90 Å². The van der Waals surface area contributed by atoms with Crippen molar-refractivity contribution in [3.8, 4) is 0 Å². The van der Waals surface area contributed by atoms with Crippen LogP contribution < -0.4 is 5.73 Å². The number of likely N-dealkylation sites (N-methyl/N-ethyl adjacent to an activating group) is 1. The summed E-state index contributed by atoms with van der Waals surface area (Å²) in [5.41, 5.74) is 6.74. The molecule has 1 aliphatic rings. The number of aryl methyl sites for hydroxylation is 1. The quantitative estimate of drug-likeness (QED) is 0.909. The van der Waals surface area contributed by atoms with Gasteiger partial charge in [0.1, 0.15) is 11.5 Å². The molecule has 0 amide bonds. The van der Waals surface area contributed by atoms with E-state index in [0.717, 1.165) is 11.5 Å². The minimum Gasteiger partial charge on any atom is -0.465 e. The monoisotopic (exact) mass is 278 g/mol. The average Bonchev–Trinajstić information content (AvgIpc) is 2.75. The van der Waals surface area contributed by atoms with Crippen molar-refractivity contribution in [2.45, 2.75) is 71.5 Å². The molecule has 2 N–H and O–H groups in total. The molecular formula is C17H30N2O. The van der Waals surface area contributed by atoms with Crippen LogP contribution in [0.3, 0.4) is 0 Å². The van der Waals surface area contributed by atoms with Crippen molar-refractivity contribution in [2.75, 3.05) is 7.05 Å². The lowest BCUT2D eigenvalue weighted by atomic mass is 9.75. The second-order valence-electron chi connectivity index (χ2n) is 7.31. The van der Waals surface area contributed by atoms with Crippen LogP contribution >= 0.6 is 0 Å². The van der Waals surface area contributed by atoms with Gasteiger partial charge in [-0.15, -0.1) is 0 Å². The first-order chi connectivity index (χ1) is 9.30. The molecule has 0 aliphatic heterocycles. The van der Waals surface area contributed by atoms with Crippen LogP contribution in [0.5, 0.6) is 0 Å². The summed E-state index contributed by atoms with van der Waals surface area (Å²) in [5.74, 6) is 1.97. The van der Waals surface area contributed by atoms with Crippen LogP contribution in [0, 0.1) is 12.3 Å². The van der Waals surface area contributed by atoms with Gasteiger partial charge in [0.15, 0.2) is 0 Å². The van der Waals surface area contributed by atoms with E-state index in [-0.39, 0.29) is 12.1 Å². The second-order valence-corrected chi connectivity index (χ2v) is 7.31. The molecular weight excluding hydrogens is 248 g/mol. The summed E-state index contributed by atoms with van der Waals surface area (Å²) < 4.78 is 5.84. The minimum atomic E-state index is 0.0699. The van der Waals surface area contributed by atoms with E-state index in [0.29, 0.717) is 11.5 Å². The standard InChI is InChI=1S/C17H30N2O/c1-12-6-7-15(20-12)16(13(2)18)19(5)14-8-10-17(3,4)11-9-14/h6-7,13-14,16H,8-11,18H2,1-5H3. The molecule has 0 aromatic carbocycles. The summed E-state index contributed by atoms with van der Waals surface area (Å²) in [6.07, 6.45) is 5.11. The van der Waals surface area contributed by atoms with Gasteiger partial charge in [-0.25, -0.2) is 0 Å². The zero-order valence-corrected chi connectivity index (χ0v) is 13.6. The fourth-order valence-corrected chi connectivity index (χ4v) is 3.46. The summed E-state index contributed by atoms with van der Waals surface area (Å²) in [7, 11) is 2.20. The van der Waals surface area contributed by atoms with E-state index in [1.807, 2.05) is 13.0 Å². The molecule has 1 saturated carbocycles. The van der Waals surface area contributed by atoms with E-state index in [4.69, 9.17) is 10.2 Å². The van der Waals surface area contributed by atoms with Gasteiger partial charge in [-0.1, -0.05) is 13.8 Å². The molecule has 114 valence electrons. The van der Waals surface area contributed by atoms with Gasteiger partial charge >= 0.3 is 0 Å². The highest BCUT2D eigenvalue weighted by Gasteiger charge is 2.34. The molecule has 1 aromatic rings. The van der Waals surface area contributed by atoms with Crippen LogP contribution in [0.4, 0.5) is 0 Å². The fraction of sp³-hybridized carbons (Fsp3) is 0.765.